The number of hydrogen-bond donors (Lipinski definition) is 1. The number of anilines is 1. The van der Waals surface area contributed by atoms with E-state index >= 15 is 0 Å². The minimum Gasteiger partial charge on any atom is -0.455 e. The molecule has 0 aliphatic carbocycles. The lowest BCUT2D eigenvalue weighted by molar-refractivity contribution is -0.274. The zero-order valence-corrected chi connectivity index (χ0v) is 14.7. The Hall–Kier alpha value is -2.78. The van der Waals surface area contributed by atoms with E-state index in [1.807, 2.05) is 13.8 Å². The molecule has 27 heavy (non-hydrogen) atoms. The Labute approximate surface area is 153 Å². The number of benzene rings is 1. The third-order valence-electron chi connectivity index (χ3n) is 3.83. The molecule has 0 saturated carbocycles. The van der Waals surface area contributed by atoms with Gasteiger partial charge in [0.25, 0.3) is 5.91 Å². The van der Waals surface area contributed by atoms with Gasteiger partial charge in [0.15, 0.2) is 6.61 Å². The van der Waals surface area contributed by atoms with E-state index < -0.39 is 36.5 Å². The Bertz CT molecular complexity index is 704. The minimum atomic E-state index is -4.80. The molecule has 0 aromatic heterocycles. The van der Waals surface area contributed by atoms with Gasteiger partial charge in [0.1, 0.15) is 5.75 Å². The molecule has 1 fully saturated rings. The van der Waals surface area contributed by atoms with Crippen LogP contribution in [0.2, 0.25) is 0 Å². The van der Waals surface area contributed by atoms with Gasteiger partial charge in [-0.3, -0.25) is 14.4 Å². The number of amides is 2. The summed E-state index contributed by atoms with van der Waals surface area (Å²) in [5.74, 6) is -2.48. The fraction of sp³-hybridized carbons (Fsp3) is 0.471. The van der Waals surface area contributed by atoms with E-state index in [9.17, 15) is 27.6 Å². The Morgan fingerprint density at radius 3 is 2.41 bits per heavy atom. The molecule has 1 aromatic rings. The minimum absolute atomic E-state index is 0.0251. The van der Waals surface area contributed by atoms with Gasteiger partial charge in [-0.15, -0.1) is 13.2 Å². The number of ether oxygens (including phenoxy) is 2. The molecule has 0 bridgehead atoms. The van der Waals surface area contributed by atoms with Crippen LogP contribution in [-0.4, -0.2) is 48.2 Å². The summed E-state index contributed by atoms with van der Waals surface area (Å²) in [7, 11) is 0. The highest BCUT2D eigenvalue weighted by molar-refractivity contribution is 5.93. The highest BCUT2D eigenvalue weighted by Crippen LogP contribution is 2.24. The second-order valence-corrected chi connectivity index (χ2v) is 6.27. The molecule has 1 unspecified atom stereocenters. The van der Waals surface area contributed by atoms with Gasteiger partial charge in [-0.05, 0) is 38.1 Å². The van der Waals surface area contributed by atoms with Crippen LogP contribution in [0.15, 0.2) is 24.3 Å². The maximum absolute atomic E-state index is 12.1. The zero-order valence-electron chi connectivity index (χ0n) is 14.7. The second-order valence-electron chi connectivity index (χ2n) is 6.27. The van der Waals surface area contributed by atoms with Crippen molar-refractivity contribution in [3.05, 3.63) is 24.3 Å². The highest BCUT2D eigenvalue weighted by atomic mass is 19.4. The van der Waals surface area contributed by atoms with Crippen LogP contribution in [0.25, 0.3) is 0 Å². The number of likely N-dealkylation sites (tertiary alicyclic amines) is 1. The van der Waals surface area contributed by atoms with Gasteiger partial charge >= 0.3 is 12.3 Å². The van der Waals surface area contributed by atoms with Crippen LogP contribution in [0, 0.1) is 5.92 Å². The van der Waals surface area contributed by atoms with Crippen LogP contribution in [-0.2, 0) is 19.1 Å². The van der Waals surface area contributed by atoms with Crippen molar-refractivity contribution in [1.82, 2.24) is 4.90 Å². The SMILES string of the molecule is CC(C)N1CC(C(=O)OCC(=O)Nc2ccc(OC(F)(F)F)cc2)CC1=O. The van der Waals surface area contributed by atoms with E-state index in [0.717, 1.165) is 12.1 Å². The van der Waals surface area contributed by atoms with Crippen LogP contribution in [0.5, 0.6) is 5.75 Å². The van der Waals surface area contributed by atoms with E-state index in [0.29, 0.717) is 0 Å². The van der Waals surface area contributed by atoms with E-state index in [1.165, 1.54) is 12.1 Å². The molecule has 10 heteroatoms. The number of halogens is 3. The lowest BCUT2D eigenvalue weighted by Gasteiger charge is -2.20. The summed E-state index contributed by atoms with van der Waals surface area (Å²) in [6.07, 6.45) is -4.76. The molecule has 1 atom stereocenters. The first-order chi connectivity index (χ1) is 12.5. The lowest BCUT2D eigenvalue weighted by atomic mass is 10.1. The van der Waals surface area contributed by atoms with Gasteiger partial charge in [-0.2, -0.15) is 0 Å². The number of carbonyl (C=O) groups is 3. The molecule has 0 spiro atoms. The molecule has 1 N–H and O–H groups in total. The molecule has 1 aromatic carbocycles. The van der Waals surface area contributed by atoms with Crippen LogP contribution < -0.4 is 10.1 Å². The third-order valence-corrected chi connectivity index (χ3v) is 3.83. The van der Waals surface area contributed by atoms with Crippen molar-refractivity contribution < 1.29 is 37.0 Å². The van der Waals surface area contributed by atoms with Gasteiger partial charge in [0.2, 0.25) is 5.91 Å². The molecule has 1 aliphatic heterocycles. The van der Waals surface area contributed by atoms with Crippen molar-refractivity contribution in [2.75, 3.05) is 18.5 Å². The summed E-state index contributed by atoms with van der Waals surface area (Å²) >= 11 is 0. The highest BCUT2D eigenvalue weighted by Gasteiger charge is 2.36. The Kier molecular flexibility index (Phi) is 6.29. The predicted molar refractivity (Wildman–Crippen MR) is 87.7 cm³/mol. The number of rotatable bonds is 6. The van der Waals surface area contributed by atoms with Crippen LogP contribution in [0.4, 0.5) is 18.9 Å². The number of hydrogen-bond acceptors (Lipinski definition) is 5. The number of alkyl halides is 3. The molecule has 1 saturated heterocycles. The van der Waals surface area contributed by atoms with Gasteiger partial charge in [-0.25, -0.2) is 0 Å². The molecular formula is C17H19F3N2O5. The molecule has 1 heterocycles. The van der Waals surface area contributed by atoms with E-state index in [1.54, 1.807) is 4.90 Å². The molecule has 7 nitrogen and oxygen atoms in total. The Balaban J connectivity index is 1.79. The average molecular weight is 388 g/mol. The zero-order chi connectivity index (χ0) is 20.2. The smallest absolute Gasteiger partial charge is 0.455 e. The summed E-state index contributed by atoms with van der Waals surface area (Å²) < 4.78 is 44.9. The molecule has 148 valence electrons. The van der Waals surface area contributed by atoms with Gasteiger partial charge < -0.3 is 19.7 Å². The molecule has 1 aliphatic rings. The first-order valence-electron chi connectivity index (χ1n) is 8.17. The summed E-state index contributed by atoms with van der Waals surface area (Å²) in [6.45, 7) is 3.36. The largest absolute Gasteiger partial charge is 0.573 e. The van der Waals surface area contributed by atoms with Crippen LogP contribution >= 0.6 is 0 Å². The molecule has 0 radical (unpaired) electrons. The molecule has 2 amide bonds. The van der Waals surface area contributed by atoms with Gasteiger partial charge in [0.05, 0.1) is 5.92 Å². The van der Waals surface area contributed by atoms with Crippen molar-refractivity contribution >= 4 is 23.5 Å². The molecule has 2 rings (SSSR count). The van der Waals surface area contributed by atoms with Crippen molar-refractivity contribution in [3.63, 3.8) is 0 Å². The normalized spacial score (nSPS) is 17.2. The molecular weight excluding hydrogens is 369 g/mol. The summed E-state index contributed by atoms with van der Waals surface area (Å²) in [5, 5.41) is 2.38. The maximum Gasteiger partial charge on any atom is 0.573 e. The first-order valence-corrected chi connectivity index (χ1v) is 8.17. The van der Waals surface area contributed by atoms with Gasteiger partial charge in [0, 0.05) is 24.7 Å². The summed E-state index contributed by atoms with van der Waals surface area (Å²) in [5.41, 5.74) is 0.215. The average Bonchev–Trinajstić information content (AvgIpc) is 2.95. The maximum atomic E-state index is 12.1. The summed E-state index contributed by atoms with van der Waals surface area (Å²) in [6, 6.07) is 4.50. The van der Waals surface area contributed by atoms with Crippen molar-refractivity contribution in [2.24, 2.45) is 5.92 Å². The van der Waals surface area contributed by atoms with Crippen molar-refractivity contribution in [1.29, 1.82) is 0 Å². The van der Waals surface area contributed by atoms with Crippen LogP contribution in [0.3, 0.4) is 0 Å². The van der Waals surface area contributed by atoms with E-state index in [4.69, 9.17) is 4.74 Å². The topological polar surface area (TPSA) is 84.9 Å². The number of nitrogens with one attached hydrogen (secondary N) is 1. The second kappa shape index (κ2) is 8.28. The Morgan fingerprint density at radius 2 is 1.89 bits per heavy atom. The summed E-state index contributed by atoms with van der Waals surface area (Å²) in [4.78, 5) is 37.1. The quantitative estimate of drug-likeness (QED) is 0.756. The van der Waals surface area contributed by atoms with Crippen molar-refractivity contribution in [2.45, 2.75) is 32.7 Å². The third kappa shape index (κ3) is 6.15. The fourth-order valence-electron chi connectivity index (χ4n) is 2.58. The Morgan fingerprint density at radius 1 is 1.26 bits per heavy atom. The number of carbonyl (C=O) groups excluding carboxylic acids is 3. The monoisotopic (exact) mass is 388 g/mol. The lowest BCUT2D eigenvalue weighted by Crippen LogP contribution is -2.33. The van der Waals surface area contributed by atoms with E-state index in [2.05, 4.69) is 10.1 Å². The predicted octanol–water partition coefficient (Wildman–Crippen LogP) is 2.32. The van der Waals surface area contributed by atoms with Crippen molar-refractivity contribution in [3.8, 4) is 5.75 Å². The van der Waals surface area contributed by atoms with E-state index in [-0.39, 0.29) is 30.6 Å². The standard InChI is InChI=1S/C17H19F3N2O5/c1-10(2)22-8-11(7-15(22)24)16(25)26-9-14(23)21-12-3-5-13(6-4-12)27-17(18,19)20/h3-6,10-11H,7-9H2,1-2H3,(H,21,23). The van der Waals surface area contributed by atoms with Gasteiger partial charge in [-0.1, -0.05) is 0 Å². The van der Waals surface area contributed by atoms with Crippen LogP contribution in [0.1, 0.15) is 20.3 Å². The fourth-order valence-corrected chi connectivity index (χ4v) is 2.58. The number of nitrogens with zero attached hydrogens (tertiary/aromatic N) is 1. The first kappa shape index (κ1) is 20.5. The number of esters is 1.